The van der Waals surface area contributed by atoms with E-state index in [1.165, 1.54) is 19.3 Å². The van der Waals surface area contributed by atoms with Crippen molar-refractivity contribution in [2.45, 2.75) is 44.6 Å². The van der Waals surface area contributed by atoms with Crippen LogP contribution in [0.25, 0.3) is 0 Å². The van der Waals surface area contributed by atoms with Crippen molar-refractivity contribution in [1.29, 1.82) is 0 Å². The average Bonchev–Trinajstić information content (AvgIpc) is 2.41. The second-order valence-electron chi connectivity index (χ2n) is 5.28. The van der Waals surface area contributed by atoms with Crippen LogP contribution in [0, 0.1) is 5.92 Å². The lowest BCUT2D eigenvalue weighted by molar-refractivity contribution is -0.138. The van der Waals surface area contributed by atoms with Gasteiger partial charge in [-0.3, -0.25) is 0 Å². The first-order chi connectivity index (χ1) is 9.15. The highest BCUT2D eigenvalue weighted by molar-refractivity contribution is 6.30. The number of hydrogen-bond donors (Lipinski definition) is 2. The Morgan fingerprint density at radius 1 is 1.26 bits per heavy atom. The molecule has 0 amide bonds. The number of rotatable bonds is 5. The van der Waals surface area contributed by atoms with Gasteiger partial charge in [0, 0.05) is 10.7 Å². The van der Waals surface area contributed by atoms with Crippen LogP contribution in [-0.2, 0) is 4.79 Å². The summed E-state index contributed by atoms with van der Waals surface area (Å²) in [7, 11) is 0. The number of carbonyl (C=O) groups is 1. The zero-order valence-electron chi connectivity index (χ0n) is 10.9. The van der Waals surface area contributed by atoms with E-state index < -0.39 is 12.0 Å². The van der Waals surface area contributed by atoms with E-state index >= 15 is 0 Å². The molecular weight excluding hydrogens is 262 g/mol. The van der Waals surface area contributed by atoms with Gasteiger partial charge < -0.3 is 10.4 Å². The number of carboxylic acids is 1. The minimum absolute atomic E-state index is 0.510. The number of benzene rings is 1. The molecule has 0 radical (unpaired) electrons. The van der Waals surface area contributed by atoms with Crippen LogP contribution in [0.15, 0.2) is 24.3 Å². The molecule has 0 spiro atoms. The van der Waals surface area contributed by atoms with Gasteiger partial charge in [0.15, 0.2) is 0 Å². The summed E-state index contributed by atoms with van der Waals surface area (Å²) >= 11 is 5.82. The molecule has 0 aliphatic heterocycles. The number of halogens is 1. The third-order valence-corrected chi connectivity index (χ3v) is 4.03. The molecule has 0 saturated heterocycles. The standard InChI is InChI=1S/C15H20ClNO2/c16-12-6-8-13(9-7-12)17-14(15(18)19)10-11-4-2-1-3-5-11/h6-9,11,14,17H,1-5,10H2,(H,18,19). The monoisotopic (exact) mass is 281 g/mol. The second-order valence-corrected chi connectivity index (χ2v) is 5.72. The molecular formula is C15H20ClNO2. The Bertz CT molecular complexity index is 413. The Morgan fingerprint density at radius 3 is 2.47 bits per heavy atom. The summed E-state index contributed by atoms with van der Waals surface area (Å²) in [6, 6.07) is 6.66. The highest BCUT2D eigenvalue weighted by Crippen LogP contribution is 2.28. The Hall–Kier alpha value is -1.22. The van der Waals surface area contributed by atoms with Crippen LogP contribution < -0.4 is 5.32 Å². The van der Waals surface area contributed by atoms with Crippen LogP contribution in [0.4, 0.5) is 5.69 Å². The molecule has 1 aliphatic rings. The van der Waals surface area contributed by atoms with Gasteiger partial charge in [-0.1, -0.05) is 43.7 Å². The highest BCUT2D eigenvalue weighted by Gasteiger charge is 2.23. The van der Waals surface area contributed by atoms with Crippen molar-refractivity contribution in [3.05, 3.63) is 29.3 Å². The zero-order valence-corrected chi connectivity index (χ0v) is 11.7. The topological polar surface area (TPSA) is 49.3 Å². The Balaban J connectivity index is 1.95. The molecule has 4 heteroatoms. The molecule has 1 atom stereocenters. The molecule has 2 rings (SSSR count). The molecule has 1 saturated carbocycles. The first-order valence-electron chi connectivity index (χ1n) is 6.90. The first-order valence-corrected chi connectivity index (χ1v) is 7.28. The van der Waals surface area contributed by atoms with E-state index in [0.29, 0.717) is 17.4 Å². The van der Waals surface area contributed by atoms with E-state index in [-0.39, 0.29) is 0 Å². The van der Waals surface area contributed by atoms with Crippen LogP contribution in [0.2, 0.25) is 5.02 Å². The van der Waals surface area contributed by atoms with Gasteiger partial charge in [-0.05, 0) is 36.6 Å². The van der Waals surface area contributed by atoms with Gasteiger partial charge in [0.1, 0.15) is 6.04 Å². The van der Waals surface area contributed by atoms with Crippen LogP contribution in [-0.4, -0.2) is 17.1 Å². The maximum atomic E-state index is 11.4. The lowest BCUT2D eigenvalue weighted by Gasteiger charge is -2.25. The van der Waals surface area contributed by atoms with Gasteiger partial charge in [0.25, 0.3) is 0 Å². The molecule has 3 nitrogen and oxygen atoms in total. The predicted octanol–water partition coefficient (Wildman–Crippen LogP) is 4.18. The van der Waals surface area contributed by atoms with Crippen molar-refractivity contribution in [2.75, 3.05) is 5.32 Å². The third-order valence-electron chi connectivity index (χ3n) is 3.78. The van der Waals surface area contributed by atoms with Crippen molar-refractivity contribution in [2.24, 2.45) is 5.92 Å². The van der Waals surface area contributed by atoms with Gasteiger partial charge in [0.2, 0.25) is 0 Å². The molecule has 0 heterocycles. The molecule has 104 valence electrons. The molecule has 1 unspecified atom stereocenters. The van der Waals surface area contributed by atoms with Crippen LogP contribution in [0.3, 0.4) is 0 Å². The molecule has 1 aromatic rings. The van der Waals surface area contributed by atoms with Crippen molar-refractivity contribution >= 4 is 23.3 Å². The summed E-state index contributed by atoms with van der Waals surface area (Å²) in [6.45, 7) is 0. The van der Waals surface area contributed by atoms with Gasteiger partial charge in [-0.2, -0.15) is 0 Å². The van der Waals surface area contributed by atoms with Crippen LogP contribution in [0.1, 0.15) is 38.5 Å². The lowest BCUT2D eigenvalue weighted by atomic mass is 9.85. The second kappa shape index (κ2) is 6.80. The van der Waals surface area contributed by atoms with E-state index in [2.05, 4.69) is 5.32 Å². The van der Waals surface area contributed by atoms with Crippen molar-refractivity contribution in [3.63, 3.8) is 0 Å². The van der Waals surface area contributed by atoms with Gasteiger partial charge in [0.05, 0.1) is 0 Å². The van der Waals surface area contributed by atoms with Crippen molar-refractivity contribution in [3.8, 4) is 0 Å². The van der Waals surface area contributed by atoms with Crippen molar-refractivity contribution in [1.82, 2.24) is 0 Å². The van der Waals surface area contributed by atoms with E-state index in [0.717, 1.165) is 18.5 Å². The predicted molar refractivity (Wildman–Crippen MR) is 77.7 cm³/mol. The maximum Gasteiger partial charge on any atom is 0.326 e. The Morgan fingerprint density at radius 2 is 1.89 bits per heavy atom. The van der Waals surface area contributed by atoms with Crippen molar-refractivity contribution < 1.29 is 9.90 Å². The fourth-order valence-corrected chi connectivity index (χ4v) is 2.85. The van der Waals surface area contributed by atoms with E-state index in [1.54, 1.807) is 12.1 Å². The van der Waals surface area contributed by atoms with E-state index in [4.69, 9.17) is 11.6 Å². The summed E-state index contributed by atoms with van der Waals surface area (Å²) in [5, 5.41) is 13.1. The average molecular weight is 282 g/mol. The maximum absolute atomic E-state index is 11.4. The Kier molecular flexibility index (Phi) is 5.08. The van der Waals surface area contributed by atoms with Crippen LogP contribution >= 0.6 is 11.6 Å². The molecule has 1 fully saturated rings. The van der Waals surface area contributed by atoms with Gasteiger partial charge >= 0.3 is 5.97 Å². The van der Waals surface area contributed by atoms with Gasteiger partial charge in [-0.25, -0.2) is 4.79 Å². The minimum Gasteiger partial charge on any atom is -0.480 e. The fourth-order valence-electron chi connectivity index (χ4n) is 2.72. The molecule has 0 aromatic heterocycles. The van der Waals surface area contributed by atoms with Gasteiger partial charge in [-0.15, -0.1) is 0 Å². The number of carboxylic acid groups (broad SMARTS) is 1. The number of nitrogens with one attached hydrogen (secondary N) is 1. The molecule has 1 aliphatic carbocycles. The molecule has 0 bridgehead atoms. The number of hydrogen-bond acceptors (Lipinski definition) is 2. The van der Waals surface area contributed by atoms with E-state index in [9.17, 15) is 9.90 Å². The summed E-state index contributed by atoms with van der Waals surface area (Å²) in [5.74, 6) is -0.241. The lowest BCUT2D eigenvalue weighted by Crippen LogP contribution is -2.32. The summed E-state index contributed by atoms with van der Waals surface area (Å²) < 4.78 is 0. The third kappa shape index (κ3) is 4.43. The zero-order chi connectivity index (χ0) is 13.7. The van der Waals surface area contributed by atoms with Crippen LogP contribution in [0.5, 0.6) is 0 Å². The van der Waals surface area contributed by atoms with E-state index in [1.807, 2.05) is 12.1 Å². The largest absolute Gasteiger partial charge is 0.480 e. The summed E-state index contributed by atoms with van der Waals surface area (Å²) in [4.78, 5) is 11.4. The molecule has 2 N–H and O–H groups in total. The normalized spacial score (nSPS) is 17.9. The fraction of sp³-hybridized carbons (Fsp3) is 0.533. The minimum atomic E-state index is -0.777. The smallest absolute Gasteiger partial charge is 0.326 e. The summed E-state index contributed by atoms with van der Waals surface area (Å²) in [5.41, 5.74) is 0.813. The highest BCUT2D eigenvalue weighted by atomic mass is 35.5. The quantitative estimate of drug-likeness (QED) is 0.851. The Labute approximate surface area is 119 Å². The molecule has 19 heavy (non-hydrogen) atoms. The first kappa shape index (κ1) is 14.2. The number of aliphatic carboxylic acids is 1. The SMILES string of the molecule is O=C(O)C(CC1CCCCC1)Nc1ccc(Cl)cc1. The number of anilines is 1. The molecule has 1 aromatic carbocycles. The summed E-state index contributed by atoms with van der Waals surface area (Å²) in [6.07, 6.45) is 6.78.